The van der Waals surface area contributed by atoms with Gasteiger partial charge in [0.25, 0.3) is 0 Å². The van der Waals surface area contributed by atoms with Crippen LogP contribution in [0.4, 0.5) is 0 Å². The third-order valence-electron chi connectivity index (χ3n) is 2.61. The fourth-order valence-electron chi connectivity index (χ4n) is 1.69. The third kappa shape index (κ3) is 5.06. The lowest BCUT2D eigenvalue weighted by atomic mass is 9.93. The molecule has 1 aromatic rings. The van der Waals surface area contributed by atoms with E-state index in [2.05, 4.69) is 0 Å². The zero-order valence-corrected chi connectivity index (χ0v) is 11.4. The van der Waals surface area contributed by atoms with Gasteiger partial charge in [0.2, 0.25) is 0 Å². The van der Waals surface area contributed by atoms with Crippen LogP contribution in [0.5, 0.6) is 0 Å². The van der Waals surface area contributed by atoms with E-state index in [0.717, 1.165) is 0 Å². The van der Waals surface area contributed by atoms with E-state index in [0.29, 0.717) is 15.6 Å². The van der Waals surface area contributed by atoms with Gasteiger partial charge in [-0.15, -0.1) is 0 Å². The molecule has 0 aromatic heterocycles. The zero-order chi connectivity index (χ0) is 14.6. The number of halogens is 2. The van der Waals surface area contributed by atoms with E-state index < -0.39 is 23.9 Å². The summed E-state index contributed by atoms with van der Waals surface area (Å²) in [6.45, 7) is 0. The van der Waals surface area contributed by atoms with Crippen molar-refractivity contribution in [3.8, 4) is 0 Å². The molecule has 0 unspecified atom stereocenters. The molecule has 0 bridgehead atoms. The van der Waals surface area contributed by atoms with Gasteiger partial charge in [0, 0.05) is 10.0 Å². The van der Waals surface area contributed by atoms with Gasteiger partial charge in [0.05, 0.1) is 5.92 Å². The maximum atomic E-state index is 11.1. The lowest BCUT2D eigenvalue weighted by molar-refractivity contribution is -0.143. The highest BCUT2D eigenvalue weighted by Gasteiger charge is 2.24. The molecule has 5 nitrogen and oxygen atoms in total. The minimum Gasteiger partial charge on any atom is -0.481 e. The van der Waals surface area contributed by atoms with Gasteiger partial charge in [0.1, 0.15) is 6.04 Å². The second kappa shape index (κ2) is 6.75. The molecule has 0 spiro atoms. The van der Waals surface area contributed by atoms with Crippen molar-refractivity contribution in [3.05, 3.63) is 33.8 Å². The van der Waals surface area contributed by atoms with Gasteiger partial charge >= 0.3 is 11.9 Å². The van der Waals surface area contributed by atoms with Gasteiger partial charge in [-0.3, -0.25) is 9.59 Å². The highest BCUT2D eigenvalue weighted by molar-refractivity contribution is 6.34. The van der Waals surface area contributed by atoms with Crippen LogP contribution in [0.15, 0.2) is 18.2 Å². The number of aliphatic carboxylic acids is 2. The molecular formula is C12H13Cl2NO4. The third-order valence-corrected chi connectivity index (χ3v) is 3.05. The van der Waals surface area contributed by atoms with Crippen molar-refractivity contribution in [2.75, 3.05) is 0 Å². The Kier molecular flexibility index (Phi) is 5.60. The Morgan fingerprint density at radius 3 is 2.05 bits per heavy atom. The highest BCUT2D eigenvalue weighted by atomic mass is 35.5. The van der Waals surface area contributed by atoms with Crippen molar-refractivity contribution in [1.29, 1.82) is 0 Å². The topological polar surface area (TPSA) is 101 Å². The van der Waals surface area contributed by atoms with Crippen molar-refractivity contribution in [1.82, 2.24) is 0 Å². The van der Waals surface area contributed by atoms with Gasteiger partial charge < -0.3 is 15.9 Å². The normalized spacial score (nSPS) is 13.8. The predicted molar refractivity (Wildman–Crippen MR) is 71.5 cm³/mol. The SMILES string of the molecule is N[C@H](C[C@@H](Cc1cc(Cl)cc(Cl)c1)C(=O)O)C(=O)O. The largest absolute Gasteiger partial charge is 0.481 e. The molecule has 0 fully saturated rings. The predicted octanol–water partition coefficient (Wildman–Crippen LogP) is 2.04. The zero-order valence-electron chi connectivity index (χ0n) is 9.85. The average Bonchev–Trinajstić information content (AvgIpc) is 2.26. The summed E-state index contributed by atoms with van der Waals surface area (Å²) in [5.74, 6) is -3.23. The molecule has 0 aliphatic rings. The standard InChI is InChI=1S/C12H13Cl2NO4/c13-8-2-6(3-9(14)5-8)1-7(11(16)17)4-10(15)12(18)19/h2-3,5,7,10H,1,4,15H2,(H,16,17)(H,18,19)/t7-,10-/m1/s1. The van der Waals surface area contributed by atoms with Crippen molar-refractivity contribution < 1.29 is 19.8 Å². The van der Waals surface area contributed by atoms with E-state index in [-0.39, 0.29) is 12.8 Å². The first kappa shape index (κ1) is 15.8. The van der Waals surface area contributed by atoms with Crippen LogP contribution in [0, 0.1) is 5.92 Å². The minimum atomic E-state index is -1.23. The molecule has 4 N–H and O–H groups in total. The van der Waals surface area contributed by atoms with Crippen molar-refractivity contribution in [3.63, 3.8) is 0 Å². The maximum absolute atomic E-state index is 11.1. The van der Waals surface area contributed by atoms with Gasteiger partial charge in [-0.05, 0) is 36.6 Å². The lowest BCUT2D eigenvalue weighted by Crippen LogP contribution is -2.35. The second-order valence-corrected chi connectivity index (χ2v) is 5.07. The van der Waals surface area contributed by atoms with Crippen LogP contribution in [-0.2, 0) is 16.0 Å². The molecule has 1 rings (SSSR count). The fraction of sp³-hybridized carbons (Fsp3) is 0.333. The smallest absolute Gasteiger partial charge is 0.320 e. The Hall–Kier alpha value is -1.30. The van der Waals surface area contributed by atoms with Crippen molar-refractivity contribution >= 4 is 35.1 Å². The Bertz CT molecular complexity index is 472. The lowest BCUT2D eigenvalue weighted by Gasteiger charge is -2.15. The van der Waals surface area contributed by atoms with Crippen LogP contribution >= 0.6 is 23.2 Å². The number of benzene rings is 1. The monoisotopic (exact) mass is 305 g/mol. The number of carbonyl (C=O) groups is 2. The number of hydrogen-bond donors (Lipinski definition) is 3. The highest BCUT2D eigenvalue weighted by Crippen LogP contribution is 2.22. The van der Waals surface area contributed by atoms with Crippen molar-refractivity contribution in [2.45, 2.75) is 18.9 Å². The van der Waals surface area contributed by atoms with Crippen LogP contribution in [0.1, 0.15) is 12.0 Å². The summed E-state index contributed by atoms with van der Waals surface area (Å²) in [4.78, 5) is 21.8. The second-order valence-electron chi connectivity index (χ2n) is 4.20. The number of carboxylic acids is 2. The molecule has 0 saturated heterocycles. The molecule has 0 aliphatic carbocycles. The van der Waals surface area contributed by atoms with Crippen LogP contribution in [0.25, 0.3) is 0 Å². The summed E-state index contributed by atoms with van der Waals surface area (Å²) in [6.07, 6.45) is -0.0363. The molecule has 19 heavy (non-hydrogen) atoms. The molecule has 104 valence electrons. The first-order valence-electron chi connectivity index (χ1n) is 5.45. The summed E-state index contributed by atoms with van der Waals surface area (Å²) in [6, 6.07) is 3.51. The van der Waals surface area contributed by atoms with Crippen LogP contribution in [0.3, 0.4) is 0 Å². The summed E-state index contributed by atoms with van der Waals surface area (Å²) in [5.41, 5.74) is 5.98. The van der Waals surface area contributed by atoms with Gasteiger partial charge in [-0.1, -0.05) is 23.2 Å². The Morgan fingerprint density at radius 2 is 1.63 bits per heavy atom. The first-order valence-corrected chi connectivity index (χ1v) is 6.21. The Labute approximate surface area is 119 Å². The number of carboxylic acid groups (broad SMARTS) is 2. The molecule has 0 aliphatic heterocycles. The molecular weight excluding hydrogens is 293 g/mol. The molecule has 0 radical (unpaired) electrons. The molecule has 0 saturated carbocycles. The van der Waals surface area contributed by atoms with Crippen LogP contribution in [-0.4, -0.2) is 28.2 Å². The quantitative estimate of drug-likeness (QED) is 0.746. The summed E-state index contributed by atoms with van der Waals surface area (Å²) in [7, 11) is 0. The van der Waals surface area contributed by atoms with Gasteiger partial charge in [0.15, 0.2) is 0 Å². The average molecular weight is 306 g/mol. The number of rotatable bonds is 6. The van der Waals surface area contributed by atoms with Crippen LogP contribution in [0.2, 0.25) is 10.0 Å². The van der Waals surface area contributed by atoms with E-state index in [9.17, 15) is 9.59 Å². The molecule has 2 atom stereocenters. The van der Waals surface area contributed by atoms with Gasteiger partial charge in [-0.2, -0.15) is 0 Å². The number of nitrogens with two attached hydrogens (primary N) is 1. The van der Waals surface area contributed by atoms with E-state index in [4.69, 9.17) is 39.1 Å². The van der Waals surface area contributed by atoms with Gasteiger partial charge in [-0.25, -0.2) is 0 Å². The molecule has 7 heteroatoms. The maximum Gasteiger partial charge on any atom is 0.320 e. The summed E-state index contributed by atoms with van der Waals surface area (Å²) < 4.78 is 0. The van der Waals surface area contributed by atoms with Crippen molar-refractivity contribution in [2.24, 2.45) is 11.7 Å². The Morgan fingerprint density at radius 1 is 1.11 bits per heavy atom. The van der Waals surface area contributed by atoms with E-state index in [1.54, 1.807) is 12.1 Å². The molecule has 0 heterocycles. The van der Waals surface area contributed by atoms with Crippen LogP contribution < -0.4 is 5.73 Å². The first-order chi connectivity index (χ1) is 8.79. The van der Waals surface area contributed by atoms with E-state index in [1.807, 2.05) is 0 Å². The number of hydrogen-bond acceptors (Lipinski definition) is 3. The van der Waals surface area contributed by atoms with E-state index >= 15 is 0 Å². The molecule has 1 aromatic carbocycles. The fourth-order valence-corrected chi connectivity index (χ4v) is 2.26. The van der Waals surface area contributed by atoms with E-state index in [1.165, 1.54) is 6.07 Å². The molecule has 0 amide bonds. The minimum absolute atomic E-state index is 0.122. The Balaban J connectivity index is 2.84. The summed E-state index contributed by atoms with van der Waals surface area (Å²) in [5, 5.41) is 18.6. The summed E-state index contributed by atoms with van der Waals surface area (Å²) >= 11 is 11.6.